The molecule has 214 valence electrons. The monoisotopic (exact) mass is 572 g/mol. The van der Waals surface area contributed by atoms with E-state index in [1.165, 1.54) is 23.4 Å². The van der Waals surface area contributed by atoms with Crippen molar-refractivity contribution in [2.24, 2.45) is 4.99 Å². The molecular formula is C30H35F3N4O2S. The van der Waals surface area contributed by atoms with E-state index in [2.05, 4.69) is 24.0 Å². The van der Waals surface area contributed by atoms with Crippen LogP contribution in [-0.4, -0.2) is 48.0 Å². The molecule has 1 fully saturated rings. The van der Waals surface area contributed by atoms with E-state index in [9.17, 15) is 18.0 Å². The Labute approximate surface area is 238 Å². The molecule has 2 aliphatic rings. The van der Waals surface area contributed by atoms with Crippen LogP contribution in [0.1, 0.15) is 56.5 Å². The van der Waals surface area contributed by atoms with Gasteiger partial charge in [0.25, 0.3) is 0 Å². The van der Waals surface area contributed by atoms with E-state index in [1.807, 2.05) is 39.8 Å². The molecule has 2 aliphatic heterocycles. The second-order valence-corrected chi connectivity index (χ2v) is 10.5. The molecule has 2 heterocycles. The summed E-state index contributed by atoms with van der Waals surface area (Å²) in [4.78, 5) is 21.3. The minimum absolute atomic E-state index is 0.0642. The Kier molecular flexibility index (Phi) is 9.30. The summed E-state index contributed by atoms with van der Waals surface area (Å²) in [5, 5.41) is 3.73. The van der Waals surface area contributed by atoms with Gasteiger partial charge >= 0.3 is 6.18 Å². The third kappa shape index (κ3) is 6.55. The largest absolute Gasteiger partial charge is 0.494 e. The first kappa shape index (κ1) is 29.7. The van der Waals surface area contributed by atoms with Gasteiger partial charge in [0, 0.05) is 42.6 Å². The van der Waals surface area contributed by atoms with Crippen LogP contribution in [0.25, 0.3) is 0 Å². The minimum Gasteiger partial charge on any atom is -0.494 e. The first-order chi connectivity index (χ1) is 19.1. The normalized spacial score (nSPS) is 18.9. The Balaban J connectivity index is 1.82. The van der Waals surface area contributed by atoms with Crippen molar-refractivity contribution in [1.82, 2.24) is 10.2 Å². The van der Waals surface area contributed by atoms with Gasteiger partial charge < -0.3 is 15.0 Å². The molecule has 2 aromatic carbocycles. The quantitative estimate of drug-likeness (QED) is 0.254. The number of amides is 1. The fourth-order valence-corrected chi connectivity index (χ4v) is 5.75. The third-order valence-electron chi connectivity index (χ3n) is 6.98. The highest BCUT2D eigenvalue weighted by atomic mass is 32.2. The lowest BCUT2D eigenvalue weighted by Crippen LogP contribution is -2.36. The van der Waals surface area contributed by atoms with Crippen LogP contribution < -0.4 is 10.2 Å². The predicted molar refractivity (Wildman–Crippen MR) is 155 cm³/mol. The van der Waals surface area contributed by atoms with Crippen molar-refractivity contribution in [3.63, 3.8) is 0 Å². The number of thioether (sulfide) groups is 1. The molecule has 0 spiro atoms. The Morgan fingerprint density at radius 2 is 1.80 bits per heavy atom. The number of anilines is 1. The van der Waals surface area contributed by atoms with Gasteiger partial charge in [0.1, 0.15) is 11.8 Å². The molecule has 2 atom stereocenters. The number of ether oxygens (including phenoxy) is 1. The maximum atomic E-state index is 13.7. The van der Waals surface area contributed by atoms with E-state index in [1.54, 1.807) is 15.9 Å². The molecule has 6 nitrogen and oxygen atoms in total. The number of amidine groups is 1. The predicted octanol–water partition coefficient (Wildman–Crippen LogP) is 6.69. The summed E-state index contributed by atoms with van der Waals surface area (Å²) < 4.78 is 46.9. The molecular weight excluding hydrogens is 537 g/mol. The van der Waals surface area contributed by atoms with Crippen LogP contribution in [0.3, 0.4) is 0 Å². The lowest BCUT2D eigenvalue weighted by Gasteiger charge is -2.36. The van der Waals surface area contributed by atoms with Gasteiger partial charge in [-0.3, -0.25) is 9.69 Å². The van der Waals surface area contributed by atoms with Gasteiger partial charge in [0.05, 0.1) is 17.9 Å². The summed E-state index contributed by atoms with van der Waals surface area (Å²) in [6.07, 6.45) is -4.51. The third-order valence-corrected chi connectivity index (χ3v) is 7.92. The average molecular weight is 573 g/mol. The zero-order chi connectivity index (χ0) is 29.0. The number of halogens is 3. The number of carbonyl (C=O) groups is 1. The minimum atomic E-state index is -4.51. The molecule has 1 saturated heterocycles. The lowest BCUT2D eigenvalue weighted by molar-refractivity contribution is -0.137. The van der Waals surface area contributed by atoms with Gasteiger partial charge in [-0.2, -0.15) is 13.2 Å². The first-order valence-corrected chi connectivity index (χ1v) is 14.4. The molecule has 0 bridgehead atoms. The van der Waals surface area contributed by atoms with Crippen LogP contribution in [0.5, 0.6) is 0 Å². The summed E-state index contributed by atoms with van der Waals surface area (Å²) in [7, 11) is 0. The van der Waals surface area contributed by atoms with E-state index >= 15 is 0 Å². The summed E-state index contributed by atoms with van der Waals surface area (Å²) in [5.41, 5.74) is 2.93. The Morgan fingerprint density at radius 1 is 1.15 bits per heavy atom. The zero-order valence-corrected chi connectivity index (χ0v) is 24.0. The van der Waals surface area contributed by atoms with Crippen molar-refractivity contribution < 1.29 is 22.7 Å². The first-order valence-electron chi connectivity index (χ1n) is 13.4. The molecule has 1 amide bonds. The summed E-state index contributed by atoms with van der Waals surface area (Å²) in [6.45, 7) is 14.1. The number of aliphatic imine (C=N–C) groups is 1. The van der Waals surface area contributed by atoms with Gasteiger partial charge in [0.2, 0.25) is 5.91 Å². The van der Waals surface area contributed by atoms with Crippen LogP contribution in [0, 0.1) is 0 Å². The zero-order valence-electron chi connectivity index (χ0n) is 23.2. The molecule has 0 aromatic heterocycles. The Bertz CT molecular complexity index is 1300. The fraction of sp³-hybridized carbons (Fsp3) is 0.400. The standard InChI is InChI=1S/C30H35F3N4O2S/c1-6-36(7-2)26(38)18-40-29-35-28(22-14-12-21(13-15-22)25-17-34-25)27(20(5)39-8-3)19(4)37(29)24-11-9-10-23(16-24)30(31,32)33/h9-16,25,28,34H,5-8,17-18H2,1-4H3. The van der Waals surface area contributed by atoms with Crippen molar-refractivity contribution in [1.29, 1.82) is 0 Å². The Hall–Kier alpha value is -3.24. The highest BCUT2D eigenvalue weighted by molar-refractivity contribution is 8.14. The number of nitrogens with one attached hydrogen (secondary N) is 1. The Morgan fingerprint density at radius 3 is 2.38 bits per heavy atom. The van der Waals surface area contributed by atoms with Crippen LogP contribution in [0.4, 0.5) is 18.9 Å². The van der Waals surface area contributed by atoms with Crippen LogP contribution in [-0.2, 0) is 15.7 Å². The van der Waals surface area contributed by atoms with Crippen molar-refractivity contribution >= 4 is 28.5 Å². The van der Waals surface area contributed by atoms with Crippen molar-refractivity contribution in [2.75, 3.05) is 36.9 Å². The second-order valence-electron chi connectivity index (χ2n) is 9.54. The van der Waals surface area contributed by atoms with Crippen LogP contribution in [0.2, 0.25) is 0 Å². The highest BCUT2D eigenvalue weighted by Crippen LogP contribution is 2.43. The van der Waals surface area contributed by atoms with Gasteiger partial charge in [-0.05, 0) is 57.0 Å². The van der Waals surface area contributed by atoms with E-state index in [0.717, 1.165) is 24.2 Å². The maximum absolute atomic E-state index is 13.7. The van der Waals surface area contributed by atoms with Gasteiger partial charge in [-0.1, -0.05) is 48.7 Å². The molecule has 2 aromatic rings. The van der Waals surface area contributed by atoms with Crippen molar-refractivity contribution in [2.45, 2.75) is 46.0 Å². The smallest absolute Gasteiger partial charge is 0.416 e. The molecule has 10 heteroatoms. The number of allylic oxidation sites excluding steroid dienone is 1. The molecule has 0 aliphatic carbocycles. The van der Waals surface area contributed by atoms with Crippen molar-refractivity contribution in [3.8, 4) is 0 Å². The summed E-state index contributed by atoms with van der Waals surface area (Å²) >= 11 is 1.22. The number of hydrogen-bond donors (Lipinski definition) is 1. The molecule has 4 rings (SSSR count). The highest BCUT2D eigenvalue weighted by Gasteiger charge is 2.35. The van der Waals surface area contributed by atoms with Crippen LogP contribution >= 0.6 is 11.8 Å². The van der Waals surface area contributed by atoms with E-state index in [0.29, 0.717) is 53.6 Å². The molecule has 0 radical (unpaired) electrons. The number of hydrogen-bond acceptors (Lipinski definition) is 6. The number of carbonyl (C=O) groups excluding carboxylic acids is 1. The topological polar surface area (TPSA) is 67.1 Å². The van der Waals surface area contributed by atoms with Gasteiger partial charge in [0.15, 0.2) is 5.17 Å². The lowest BCUT2D eigenvalue weighted by atomic mass is 9.93. The number of rotatable bonds is 10. The molecule has 0 saturated carbocycles. The number of nitrogens with zero attached hydrogens (tertiary/aromatic N) is 3. The van der Waals surface area contributed by atoms with Crippen LogP contribution in [0.15, 0.2) is 77.1 Å². The van der Waals surface area contributed by atoms with Crippen molar-refractivity contribution in [3.05, 3.63) is 88.8 Å². The van der Waals surface area contributed by atoms with Gasteiger partial charge in [-0.15, -0.1) is 0 Å². The maximum Gasteiger partial charge on any atom is 0.416 e. The fourth-order valence-electron chi connectivity index (χ4n) is 4.77. The average Bonchev–Trinajstić information content (AvgIpc) is 3.78. The number of alkyl halides is 3. The summed E-state index contributed by atoms with van der Waals surface area (Å²) in [6, 6.07) is 13.1. The van der Waals surface area contributed by atoms with E-state index in [4.69, 9.17) is 9.73 Å². The van der Waals surface area contributed by atoms with E-state index in [-0.39, 0.29) is 11.7 Å². The number of benzene rings is 2. The molecule has 1 N–H and O–H groups in total. The molecule has 40 heavy (non-hydrogen) atoms. The van der Waals surface area contributed by atoms with E-state index < -0.39 is 17.8 Å². The SMILES string of the molecule is C=C(OCC)C1=C(C)N(c2cccc(C(F)(F)F)c2)C(SCC(=O)N(CC)CC)=NC1c1ccc(C2CN2)cc1. The second kappa shape index (κ2) is 12.5. The van der Waals surface area contributed by atoms with Gasteiger partial charge in [-0.25, -0.2) is 4.99 Å². The summed E-state index contributed by atoms with van der Waals surface area (Å²) in [5.74, 6) is 0.442. The molecule has 2 unspecified atom stereocenters.